The van der Waals surface area contributed by atoms with Gasteiger partial charge in [0.25, 0.3) is 11.1 Å². The molecule has 11 heteroatoms. The van der Waals surface area contributed by atoms with Gasteiger partial charge >= 0.3 is 5.69 Å². The van der Waals surface area contributed by atoms with E-state index in [2.05, 4.69) is 5.32 Å². The molecule has 4 aromatic rings. The largest absolute Gasteiger partial charge is 0.336 e. The topological polar surface area (TPSA) is 98.3 Å². The quantitative estimate of drug-likeness (QED) is 0.270. The third-order valence-corrected chi connectivity index (χ3v) is 7.38. The van der Waals surface area contributed by atoms with E-state index in [-0.39, 0.29) is 39.9 Å². The Labute approximate surface area is 224 Å². The number of para-hydroxylation sites is 1. The third-order valence-electron chi connectivity index (χ3n) is 6.40. The van der Waals surface area contributed by atoms with Crippen molar-refractivity contribution in [3.63, 3.8) is 0 Å². The van der Waals surface area contributed by atoms with Crippen LogP contribution in [0.15, 0.2) is 62.9 Å². The van der Waals surface area contributed by atoms with Gasteiger partial charge in [-0.15, -0.1) is 0 Å². The number of aryl methyl sites for hydroxylation is 1. The first kappa shape index (κ1) is 24.9. The summed E-state index contributed by atoms with van der Waals surface area (Å²) in [5.74, 6) is -0.658. The number of hydrogen-bond donors (Lipinski definition) is 1. The zero-order valence-corrected chi connectivity index (χ0v) is 22.4. The molecule has 5 rings (SSSR count). The van der Waals surface area contributed by atoms with Crippen LogP contribution in [0.4, 0.5) is 21.6 Å². The molecule has 9 nitrogen and oxygen atoms in total. The Hall–Kier alpha value is -3.74. The number of rotatable bonds is 5. The molecule has 2 heterocycles. The van der Waals surface area contributed by atoms with Crippen molar-refractivity contribution in [3.05, 3.63) is 91.1 Å². The number of halogens is 2. The van der Waals surface area contributed by atoms with E-state index in [1.807, 2.05) is 22.9 Å². The average Bonchev–Trinajstić information content (AvgIpc) is 3.68. The molecule has 0 atom stereocenters. The fourth-order valence-electron chi connectivity index (χ4n) is 4.57. The summed E-state index contributed by atoms with van der Waals surface area (Å²) >= 11 is 1.87. The van der Waals surface area contributed by atoms with Gasteiger partial charge in [-0.25, -0.2) is 9.18 Å². The highest BCUT2D eigenvalue weighted by Crippen LogP contribution is 2.37. The summed E-state index contributed by atoms with van der Waals surface area (Å²) in [6.07, 6.45) is 1.35. The fraction of sp³-hybridized carbons (Fsp3) is 0.231. The van der Waals surface area contributed by atoms with E-state index in [1.54, 1.807) is 49.4 Å². The van der Waals surface area contributed by atoms with Crippen LogP contribution in [0.5, 0.6) is 0 Å². The van der Waals surface area contributed by atoms with E-state index in [1.165, 1.54) is 36.9 Å². The van der Waals surface area contributed by atoms with Crippen LogP contribution in [0.1, 0.15) is 31.4 Å². The molecule has 0 saturated heterocycles. The Balaban J connectivity index is 1.96. The first-order valence-electron chi connectivity index (χ1n) is 11.6. The highest BCUT2D eigenvalue weighted by Gasteiger charge is 2.32. The van der Waals surface area contributed by atoms with Crippen molar-refractivity contribution in [3.8, 4) is 5.69 Å². The summed E-state index contributed by atoms with van der Waals surface area (Å²) in [5.41, 5.74) is -0.218. The van der Waals surface area contributed by atoms with Crippen molar-refractivity contribution in [1.29, 1.82) is 0 Å². The highest BCUT2D eigenvalue weighted by atomic mass is 127. The van der Waals surface area contributed by atoms with Gasteiger partial charge in [-0.2, -0.15) is 0 Å². The number of hydrogen-bond acceptors (Lipinski definition) is 5. The number of anilines is 3. The molecule has 0 unspecified atom stereocenters. The van der Waals surface area contributed by atoms with Crippen molar-refractivity contribution < 1.29 is 9.18 Å². The molecule has 2 aromatic heterocycles. The smallest absolute Gasteiger partial charge is 0.326 e. The molecule has 37 heavy (non-hydrogen) atoms. The molecule has 0 bridgehead atoms. The molecule has 1 fully saturated rings. The molecular weight excluding hydrogens is 592 g/mol. The number of fused-ring (bicyclic) bond motifs is 1. The molecule has 0 spiro atoms. The SMILES string of the molecule is CC(=O)Nc1cccc(-n2c(=O)n(C3CC3)c(=O)c3c(N(I)c4ccccc4F)n(C)c(=O)c(C)c32)c1. The molecule has 1 aliphatic rings. The lowest BCUT2D eigenvalue weighted by Crippen LogP contribution is -2.41. The Bertz CT molecular complexity index is 1770. The van der Waals surface area contributed by atoms with Crippen LogP contribution in [0, 0.1) is 12.7 Å². The van der Waals surface area contributed by atoms with Gasteiger partial charge in [0.05, 0.1) is 39.8 Å². The second-order valence-corrected chi connectivity index (χ2v) is 9.99. The monoisotopic (exact) mass is 615 g/mol. The first-order chi connectivity index (χ1) is 17.6. The number of nitrogens with zero attached hydrogens (tertiary/aromatic N) is 4. The summed E-state index contributed by atoms with van der Waals surface area (Å²) in [4.78, 5) is 52.8. The number of pyridine rings is 1. The van der Waals surface area contributed by atoms with Crippen molar-refractivity contribution >= 4 is 56.9 Å². The number of amides is 1. The minimum Gasteiger partial charge on any atom is -0.326 e. The van der Waals surface area contributed by atoms with E-state index in [0.717, 1.165) is 0 Å². The molecule has 2 aromatic carbocycles. The summed E-state index contributed by atoms with van der Waals surface area (Å²) < 4.78 is 20.1. The van der Waals surface area contributed by atoms with Gasteiger partial charge in [-0.1, -0.05) is 18.2 Å². The molecule has 0 aliphatic heterocycles. The Morgan fingerprint density at radius 3 is 2.43 bits per heavy atom. The lowest BCUT2D eigenvalue weighted by molar-refractivity contribution is -0.114. The van der Waals surface area contributed by atoms with Crippen LogP contribution >= 0.6 is 22.9 Å². The molecule has 0 radical (unpaired) electrons. The Kier molecular flexibility index (Phi) is 6.26. The minimum absolute atomic E-state index is 0.119. The minimum atomic E-state index is -0.576. The van der Waals surface area contributed by atoms with Crippen molar-refractivity contribution in [2.75, 3.05) is 8.43 Å². The van der Waals surface area contributed by atoms with E-state index < -0.39 is 22.6 Å². The summed E-state index contributed by atoms with van der Waals surface area (Å²) in [5, 5.41) is 2.82. The maximum atomic E-state index is 14.8. The number of carbonyl (C=O) groups excluding carboxylic acids is 1. The predicted octanol–water partition coefficient (Wildman–Crippen LogP) is 4.08. The Morgan fingerprint density at radius 1 is 1.08 bits per heavy atom. The fourth-order valence-corrected chi connectivity index (χ4v) is 5.53. The van der Waals surface area contributed by atoms with E-state index in [9.17, 15) is 23.6 Å². The molecule has 1 saturated carbocycles. The molecule has 1 amide bonds. The summed E-state index contributed by atoms with van der Waals surface area (Å²) in [7, 11) is 1.52. The van der Waals surface area contributed by atoms with Crippen LogP contribution in [0.25, 0.3) is 16.6 Å². The van der Waals surface area contributed by atoms with Crippen molar-refractivity contribution in [2.45, 2.75) is 32.7 Å². The van der Waals surface area contributed by atoms with Crippen molar-refractivity contribution in [1.82, 2.24) is 13.7 Å². The number of nitrogens with one attached hydrogen (secondary N) is 1. The molecule has 190 valence electrons. The molecule has 1 N–H and O–H groups in total. The lowest BCUT2D eigenvalue weighted by Gasteiger charge is -2.24. The van der Waals surface area contributed by atoms with Gasteiger partial charge in [0.1, 0.15) is 17.0 Å². The van der Waals surface area contributed by atoms with Crippen molar-refractivity contribution in [2.24, 2.45) is 7.05 Å². The maximum absolute atomic E-state index is 14.8. The average molecular weight is 615 g/mol. The van der Waals surface area contributed by atoms with Crippen LogP contribution in [-0.2, 0) is 11.8 Å². The van der Waals surface area contributed by atoms with Gasteiger partial charge in [0.2, 0.25) is 5.91 Å². The zero-order valence-electron chi connectivity index (χ0n) is 20.3. The van der Waals surface area contributed by atoms with E-state index >= 15 is 0 Å². The van der Waals surface area contributed by atoms with E-state index in [4.69, 9.17) is 0 Å². The standard InChI is InChI=1S/C26H23FIN5O4/c1-14-22-21(23(30(3)24(14)35)33(28)20-10-5-4-9-19(20)27)25(36)32(17-11-12-17)26(37)31(22)18-8-6-7-16(13-18)29-15(2)34/h4-10,13,17H,11-12H2,1-3H3,(H,29,34). The second kappa shape index (κ2) is 9.29. The second-order valence-electron chi connectivity index (χ2n) is 9.02. The number of benzene rings is 2. The predicted molar refractivity (Wildman–Crippen MR) is 149 cm³/mol. The summed E-state index contributed by atoms with van der Waals surface area (Å²) in [6.45, 7) is 2.93. The van der Waals surface area contributed by atoms with Crippen LogP contribution in [0.2, 0.25) is 0 Å². The third kappa shape index (κ3) is 4.16. The summed E-state index contributed by atoms with van der Waals surface area (Å²) in [6, 6.07) is 12.4. The Morgan fingerprint density at radius 2 is 1.78 bits per heavy atom. The lowest BCUT2D eigenvalue weighted by atomic mass is 10.1. The first-order valence-corrected chi connectivity index (χ1v) is 12.6. The van der Waals surface area contributed by atoms with E-state index in [0.29, 0.717) is 24.2 Å². The van der Waals surface area contributed by atoms with Gasteiger partial charge < -0.3 is 5.32 Å². The normalized spacial score (nSPS) is 13.1. The van der Waals surface area contributed by atoms with Gasteiger partial charge in [-0.05, 0) is 50.1 Å². The highest BCUT2D eigenvalue weighted by molar-refractivity contribution is 14.1. The van der Waals surface area contributed by atoms with Crippen LogP contribution < -0.4 is 25.2 Å². The number of carbonyl (C=O) groups is 1. The molecule has 1 aliphatic carbocycles. The van der Waals surface area contributed by atoms with Gasteiger partial charge in [0, 0.05) is 31.3 Å². The van der Waals surface area contributed by atoms with Crippen LogP contribution in [0.3, 0.4) is 0 Å². The molecular formula is C26H23FIN5O4. The zero-order chi connectivity index (χ0) is 26.6. The maximum Gasteiger partial charge on any atom is 0.336 e. The van der Waals surface area contributed by atoms with Gasteiger partial charge in [-0.3, -0.25) is 31.2 Å². The number of aromatic nitrogens is 3. The van der Waals surface area contributed by atoms with Gasteiger partial charge in [0.15, 0.2) is 0 Å². The van der Waals surface area contributed by atoms with Crippen LogP contribution in [-0.4, -0.2) is 19.6 Å².